The molecular formula is C10H10N4O. The van der Waals surface area contributed by atoms with E-state index in [4.69, 9.17) is 0 Å². The first kappa shape index (κ1) is 8.55. The number of hydrogen-bond donors (Lipinski definition) is 1. The summed E-state index contributed by atoms with van der Waals surface area (Å²) < 4.78 is 1.89. The van der Waals surface area contributed by atoms with Crippen molar-refractivity contribution in [2.24, 2.45) is 0 Å². The maximum absolute atomic E-state index is 9.34. The minimum atomic E-state index is -0.274. The number of fused-ring (bicyclic) bond motifs is 1. The highest BCUT2D eigenvalue weighted by molar-refractivity contribution is 5.75. The fourth-order valence-corrected chi connectivity index (χ4v) is 1.71. The zero-order valence-corrected chi connectivity index (χ0v) is 8.25. The normalized spacial score (nSPS) is 23.2. The summed E-state index contributed by atoms with van der Waals surface area (Å²) in [6, 6.07) is 0. The molecule has 3 rings (SSSR count). The molecule has 15 heavy (non-hydrogen) atoms. The Labute approximate surface area is 86.1 Å². The fourth-order valence-electron chi connectivity index (χ4n) is 1.71. The molecule has 1 unspecified atom stereocenters. The number of hydrogen-bond acceptors (Lipinski definition) is 4. The number of rotatable bonds is 1. The van der Waals surface area contributed by atoms with Crippen LogP contribution in [0.1, 0.15) is 13.3 Å². The highest BCUT2D eigenvalue weighted by Crippen LogP contribution is 2.34. The topological polar surface area (TPSA) is 63.8 Å². The Morgan fingerprint density at radius 2 is 2.33 bits per heavy atom. The lowest BCUT2D eigenvalue weighted by atomic mass is 10.4. The largest absolute Gasteiger partial charge is 0.388 e. The third kappa shape index (κ3) is 1.24. The van der Waals surface area contributed by atoms with Gasteiger partial charge >= 0.3 is 0 Å². The molecule has 76 valence electrons. The van der Waals surface area contributed by atoms with Gasteiger partial charge in [-0.3, -0.25) is 4.57 Å². The lowest BCUT2D eigenvalue weighted by Crippen LogP contribution is -1.94. The Bertz CT molecular complexity index is 557. The molecule has 2 aromatic heterocycles. The van der Waals surface area contributed by atoms with E-state index >= 15 is 0 Å². The molecule has 5 heteroatoms. The van der Waals surface area contributed by atoms with Crippen LogP contribution in [-0.4, -0.2) is 30.7 Å². The number of allylic oxidation sites excluding steroid dienone is 1. The average molecular weight is 202 g/mol. The van der Waals surface area contributed by atoms with Gasteiger partial charge in [0.2, 0.25) is 0 Å². The summed E-state index contributed by atoms with van der Waals surface area (Å²) in [5.41, 5.74) is 3.64. The summed E-state index contributed by atoms with van der Waals surface area (Å²) in [6.07, 6.45) is 5.38. The Hall–Kier alpha value is -1.75. The van der Waals surface area contributed by atoms with Crippen LogP contribution in [0.25, 0.3) is 16.9 Å². The molecule has 1 aliphatic rings. The van der Waals surface area contributed by atoms with Gasteiger partial charge in [-0.25, -0.2) is 15.0 Å². The summed E-state index contributed by atoms with van der Waals surface area (Å²) in [7, 11) is 0. The molecule has 1 fully saturated rings. The summed E-state index contributed by atoms with van der Waals surface area (Å²) in [5, 5.41) is 9.34. The molecule has 0 bridgehead atoms. The van der Waals surface area contributed by atoms with Gasteiger partial charge in [0.1, 0.15) is 18.2 Å². The predicted molar refractivity (Wildman–Crippen MR) is 54.8 cm³/mol. The number of aliphatic hydroxyl groups excluding tert-OH is 1. The molecule has 0 spiro atoms. The van der Waals surface area contributed by atoms with Gasteiger partial charge in [-0.1, -0.05) is 0 Å². The molecule has 2 heterocycles. The van der Waals surface area contributed by atoms with Gasteiger partial charge in [-0.2, -0.15) is 0 Å². The van der Waals surface area contributed by atoms with Crippen molar-refractivity contribution in [1.29, 1.82) is 0 Å². The van der Waals surface area contributed by atoms with E-state index in [0.717, 1.165) is 28.9 Å². The van der Waals surface area contributed by atoms with E-state index in [2.05, 4.69) is 15.0 Å². The van der Waals surface area contributed by atoms with Crippen LogP contribution in [0.3, 0.4) is 0 Å². The second kappa shape index (κ2) is 2.87. The quantitative estimate of drug-likeness (QED) is 0.743. The molecule has 1 saturated carbocycles. The van der Waals surface area contributed by atoms with Crippen LogP contribution in [-0.2, 0) is 0 Å². The van der Waals surface area contributed by atoms with Crippen molar-refractivity contribution in [3.8, 4) is 0 Å². The van der Waals surface area contributed by atoms with Crippen molar-refractivity contribution in [3.05, 3.63) is 24.4 Å². The summed E-state index contributed by atoms with van der Waals surface area (Å²) in [5.74, 6) is 0. The minimum absolute atomic E-state index is 0.274. The van der Waals surface area contributed by atoms with Gasteiger partial charge in [0.25, 0.3) is 0 Å². The van der Waals surface area contributed by atoms with Crippen molar-refractivity contribution < 1.29 is 5.11 Å². The number of aromatic nitrogens is 4. The first-order valence-corrected chi connectivity index (χ1v) is 4.78. The molecule has 1 atom stereocenters. The molecule has 1 aliphatic carbocycles. The van der Waals surface area contributed by atoms with Crippen molar-refractivity contribution in [2.45, 2.75) is 19.4 Å². The summed E-state index contributed by atoms with van der Waals surface area (Å²) in [6.45, 7) is 1.97. The van der Waals surface area contributed by atoms with Crippen molar-refractivity contribution >= 4 is 16.9 Å². The van der Waals surface area contributed by atoms with Gasteiger partial charge in [0.15, 0.2) is 5.65 Å². The highest BCUT2D eigenvalue weighted by Gasteiger charge is 2.30. The van der Waals surface area contributed by atoms with Gasteiger partial charge in [-0.15, -0.1) is 0 Å². The molecular weight excluding hydrogens is 192 g/mol. The van der Waals surface area contributed by atoms with Gasteiger partial charge < -0.3 is 5.11 Å². The Kier molecular flexibility index (Phi) is 1.63. The number of aliphatic hydroxyl groups is 1. The van der Waals surface area contributed by atoms with Crippen LogP contribution in [0.4, 0.5) is 0 Å². The van der Waals surface area contributed by atoms with Crippen molar-refractivity contribution in [2.75, 3.05) is 0 Å². The Balaban J connectivity index is 2.20. The standard InChI is InChI=1S/C10H10N4O/c1-6(7-2-9(7)15)14-5-13-8-3-11-4-12-10(8)14/h3-5,9,15H,2H2,1H3. The molecule has 0 aliphatic heterocycles. The number of nitrogens with zero attached hydrogens (tertiary/aromatic N) is 4. The van der Waals surface area contributed by atoms with Gasteiger partial charge in [-0.05, 0) is 12.5 Å². The van der Waals surface area contributed by atoms with Crippen LogP contribution in [0, 0.1) is 0 Å². The second-order valence-corrected chi connectivity index (χ2v) is 3.68. The molecule has 0 aromatic carbocycles. The molecule has 0 amide bonds. The Morgan fingerprint density at radius 1 is 1.53 bits per heavy atom. The zero-order chi connectivity index (χ0) is 10.4. The van der Waals surface area contributed by atoms with Crippen LogP contribution in [0.15, 0.2) is 24.4 Å². The van der Waals surface area contributed by atoms with Gasteiger partial charge in [0, 0.05) is 12.1 Å². The average Bonchev–Trinajstić information content (AvgIpc) is 2.83. The lowest BCUT2D eigenvalue weighted by molar-refractivity contribution is 0.290. The van der Waals surface area contributed by atoms with E-state index in [1.165, 1.54) is 6.33 Å². The fraction of sp³-hybridized carbons (Fsp3) is 0.300. The third-order valence-electron chi connectivity index (χ3n) is 2.69. The summed E-state index contributed by atoms with van der Waals surface area (Å²) in [4.78, 5) is 12.3. The highest BCUT2D eigenvalue weighted by atomic mass is 16.3. The van der Waals surface area contributed by atoms with E-state index < -0.39 is 0 Å². The van der Waals surface area contributed by atoms with E-state index in [-0.39, 0.29) is 6.10 Å². The smallest absolute Gasteiger partial charge is 0.167 e. The predicted octanol–water partition coefficient (Wildman–Crippen LogP) is 0.822. The maximum Gasteiger partial charge on any atom is 0.167 e. The minimum Gasteiger partial charge on any atom is -0.388 e. The zero-order valence-electron chi connectivity index (χ0n) is 8.25. The Morgan fingerprint density at radius 3 is 3.07 bits per heavy atom. The second-order valence-electron chi connectivity index (χ2n) is 3.68. The molecule has 2 aromatic rings. The molecule has 1 N–H and O–H groups in total. The van der Waals surface area contributed by atoms with E-state index in [1.54, 1.807) is 12.5 Å². The van der Waals surface area contributed by atoms with Gasteiger partial charge in [0.05, 0.1) is 12.3 Å². The van der Waals surface area contributed by atoms with E-state index in [9.17, 15) is 5.11 Å². The van der Waals surface area contributed by atoms with Crippen molar-refractivity contribution in [3.63, 3.8) is 0 Å². The molecule has 5 nitrogen and oxygen atoms in total. The maximum atomic E-state index is 9.34. The van der Waals surface area contributed by atoms with Crippen LogP contribution >= 0.6 is 0 Å². The molecule has 0 radical (unpaired) electrons. The van der Waals surface area contributed by atoms with Crippen LogP contribution in [0.2, 0.25) is 0 Å². The first-order chi connectivity index (χ1) is 7.27. The first-order valence-electron chi connectivity index (χ1n) is 4.78. The lowest BCUT2D eigenvalue weighted by Gasteiger charge is -2.01. The molecule has 0 saturated heterocycles. The SMILES string of the molecule is CC(=C1CC1O)n1cnc2cncnc21. The van der Waals surface area contributed by atoms with Crippen LogP contribution in [0.5, 0.6) is 0 Å². The van der Waals surface area contributed by atoms with Crippen molar-refractivity contribution in [1.82, 2.24) is 19.5 Å². The number of imidazole rings is 1. The van der Waals surface area contributed by atoms with E-state index in [1.807, 2.05) is 11.5 Å². The van der Waals surface area contributed by atoms with E-state index in [0.29, 0.717) is 0 Å². The third-order valence-corrected chi connectivity index (χ3v) is 2.69. The van der Waals surface area contributed by atoms with Crippen LogP contribution < -0.4 is 0 Å². The summed E-state index contributed by atoms with van der Waals surface area (Å²) >= 11 is 0. The monoisotopic (exact) mass is 202 g/mol.